The predicted molar refractivity (Wildman–Crippen MR) is 68.4 cm³/mol. The molecule has 0 radical (unpaired) electrons. The molecular weight excluding hydrogens is 266 g/mol. The molecule has 0 atom stereocenters. The van der Waals surface area contributed by atoms with Gasteiger partial charge in [0.15, 0.2) is 0 Å². The van der Waals surface area contributed by atoms with Gasteiger partial charge in [0.2, 0.25) is 0 Å². The molecule has 0 saturated carbocycles. The summed E-state index contributed by atoms with van der Waals surface area (Å²) in [6.07, 6.45) is 0. The van der Waals surface area contributed by atoms with Gasteiger partial charge in [-0.1, -0.05) is 12.1 Å². The lowest BCUT2D eigenvalue weighted by atomic mass is 10.0. The van der Waals surface area contributed by atoms with Crippen molar-refractivity contribution >= 4 is 16.9 Å². The van der Waals surface area contributed by atoms with Crippen molar-refractivity contribution in [1.29, 1.82) is 0 Å². The minimum atomic E-state index is -1.37. The van der Waals surface area contributed by atoms with Crippen molar-refractivity contribution in [1.82, 2.24) is 10.2 Å². The Bertz CT molecular complexity index is 827. The minimum absolute atomic E-state index is 0.0375. The van der Waals surface area contributed by atoms with Crippen LogP contribution in [-0.4, -0.2) is 21.3 Å². The monoisotopic (exact) mass is 274 g/mol. The van der Waals surface area contributed by atoms with E-state index >= 15 is 0 Å². The summed E-state index contributed by atoms with van der Waals surface area (Å²) in [7, 11) is 0. The molecule has 20 heavy (non-hydrogen) atoms. The van der Waals surface area contributed by atoms with Crippen LogP contribution in [0.3, 0.4) is 0 Å². The van der Waals surface area contributed by atoms with E-state index in [1.54, 1.807) is 6.07 Å². The number of carbonyl (C=O) groups is 1. The zero-order valence-electron chi connectivity index (χ0n) is 10.0. The van der Waals surface area contributed by atoms with Crippen molar-refractivity contribution in [3.63, 3.8) is 0 Å². The van der Waals surface area contributed by atoms with Gasteiger partial charge in [-0.15, -0.1) is 0 Å². The molecule has 3 aromatic rings. The fourth-order valence-electron chi connectivity index (χ4n) is 2.08. The molecule has 0 bridgehead atoms. The van der Waals surface area contributed by atoms with Gasteiger partial charge in [0.1, 0.15) is 17.3 Å². The summed E-state index contributed by atoms with van der Waals surface area (Å²) in [6.45, 7) is 0. The maximum Gasteiger partial charge on any atom is 0.338 e. The molecule has 4 nitrogen and oxygen atoms in total. The molecule has 0 unspecified atom stereocenters. The number of nitrogens with one attached hydrogen (secondary N) is 1. The van der Waals surface area contributed by atoms with Gasteiger partial charge in [0, 0.05) is 5.56 Å². The Labute approximate surface area is 111 Å². The fourth-order valence-corrected chi connectivity index (χ4v) is 2.08. The molecular formula is C14H8F2N2O2. The van der Waals surface area contributed by atoms with Crippen LogP contribution in [0.4, 0.5) is 8.78 Å². The standard InChI is InChI=1S/C14H8F2N2O2/c15-8-3-1-2-7(6-8)13-11-10(17-18-13)5-4-9(12(11)16)14(19)20/h1-6H,(H,17,18)(H,19,20). The van der Waals surface area contributed by atoms with Crippen LogP contribution in [0.2, 0.25) is 0 Å². The molecule has 2 N–H and O–H groups in total. The van der Waals surface area contributed by atoms with Gasteiger partial charge in [0.25, 0.3) is 0 Å². The van der Waals surface area contributed by atoms with Crippen molar-refractivity contribution in [3.8, 4) is 11.3 Å². The lowest BCUT2D eigenvalue weighted by molar-refractivity contribution is 0.0692. The highest BCUT2D eigenvalue weighted by atomic mass is 19.1. The van der Waals surface area contributed by atoms with E-state index in [4.69, 9.17) is 5.11 Å². The molecule has 0 amide bonds. The number of aromatic amines is 1. The summed E-state index contributed by atoms with van der Waals surface area (Å²) in [5.41, 5.74) is 0.459. The van der Waals surface area contributed by atoms with E-state index in [9.17, 15) is 13.6 Å². The van der Waals surface area contributed by atoms with Gasteiger partial charge in [-0.25, -0.2) is 13.6 Å². The molecule has 2 aromatic carbocycles. The number of hydrogen-bond donors (Lipinski definition) is 2. The molecule has 0 fully saturated rings. The molecule has 0 aliphatic heterocycles. The molecule has 100 valence electrons. The second kappa shape index (κ2) is 4.41. The Morgan fingerprint density at radius 2 is 2.00 bits per heavy atom. The lowest BCUT2D eigenvalue weighted by Gasteiger charge is -2.02. The zero-order chi connectivity index (χ0) is 14.3. The summed E-state index contributed by atoms with van der Waals surface area (Å²) in [5.74, 6) is -2.73. The molecule has 1 aromatic heterocycles. The smallest absolute Gasteiger partial charge is 0.338 e. The van der Waals surface area contributed by atoms with E-state index in [2.05, 4.69) is 10.2 Å². The first-order valence-corrected chi connectivity index (χ1v) is 5.73. The molecule has 0 aliphatic rings. The third kappa shape index (κ3) is 1.82. The van der Waals surface area contributed by atoms with E-state index in [1.165, 1.54) is 24.3 Å². The molecule has 3 rings (SSSR count). The molecule has 0 saturated heterocycles. The lowest BCUT2D eigenvalue weighted by Crippen LogP contribution is -2.00. The van der Waals surface area contributed by atoms with E-state index < -0.39 is 23.2 Å². The van der Waals surface area contributed by atoms with Crippen LogP contribution in [0.15, 0.2) is 36.4 Å². The average molecular weight is 274 g/mol. The number of nitrogens with zero attached hydrogens (tertiary/aromatic N) is 1. The second-order valence-corrected chi connectivity index (χ2v) is 4.24. The number of benzene rings is 2. The number of H-pyrrole nitrogens is 1. The van der Waals surface area contributed by atoms with Crippen molar-refractivity contribution in [2.24, 2.45) is 0 Å². The third-order valence-corrected chi connectivity index (χ3v) is 3.00. The van der Waals surface area contributed by atoms with Gasteiger partial charge in [-0.05, 0) is 24.3 Å². The number of fused-ring (bicyclic) bond motifs is 1. The highest BCUT2D eigenvalue weighted by Gasteiger charge is 2.19. The number of carboxylic acid groups (broad SMARTS) is 1. The average Bonchev–Trinajstić information content (AvgIpc) is 2.83. The summed E-state index contributed by atoms with van der Waals surface area (Å²) in [4.78, 5) is 11.0. The highest BCUT2D eigenvalue weighted by Crippen LogP contribution is 2.30. The van der Waals surface area contributed by atoms with Gasteiger partial charge in [-0.2, -0.15) is 5.10 Å². The predicted octanol–water partition coefficient (Wildman–Crippen LogP) is 3.21. The number of aromatic nitrogens is 2. The Morgan fingerprint density at radius 1 is 1.20 bits per heavy atom. The molecule has 1 heterocycles. The minimum Gasteiger partial charge on any atom is -0.478 e. The van der Waals surface area contributed by atoms with Gasteiger partial charge >= 0.3 is 5.97 Å². The van der Waals surface area contributed by atoms with Crippen molar-refractivity contribution in [2.45, 2.75) is 0 Å². The first-order chi connectivity index (χ1) is 9.58. The third-order valence-electron chi connectivity index (χ3n) is 3.00. The van der Waals surface area contributed by atoms with Gasteiger partial charge in [0.05, 0.1) is 16.5 Å². The summed E-state index contributed by atoms with van der Waals surface area (Å²) >= 11 is 0. The zero-order valence-corrected chi connectivity index (χ0v) is 10.0. The SMILES string of the molecule is O=C(O)c1ccc2[nH]nc(-c3cccc(F)c3)c2c1F. The van der Waals surface area contributed by atoms with Gasteiger partial charge < -0.3 is 5.11 Å². The first kappa shape index (κ1) is 12.3. The normalized spacial score (nSPS) is 10.9. The number of halogens is 2. The van der Waals surface area contributed by atoms with E-state index in [1.807, 2.05) is 0 Å². The second-order valence-electron chi connectivity index (χ2n) is 4.24. The van der Waals surface area contributed by atoms with Crippen LogP contribution in [0, 0.1) is 11.6 Å². The van der Waals surface area contributed by atoms with Crippen LogP contribution >= 0.6 is 0 Å². The molecule has 0 spiro atoms. The van der Waals surface area contributed by atoms with Crippen molar-refractivity contribution in [3.05, 3.63) is 53.6 Å². The Balaban J connectivity index is 2.32. The number of carboxylic acids is 1. The van der Waals surface area contributed by atoms with Crippen LogP contribution < -0.4 is 0 Å². The number of aromatic carboxylic acids is 1. The summed E-state index contributed by atoms with van der Waals surface area (Å²) in [6, 6.07) is 8.11. The molecule has 6 heteroatoms. The van der Waals surface area contributed by atoms with E-state index in [0.29, 0.717) is 11.1 Å². The molecule has 0 aliphatic carbocycles. The number of rotatable bonds is 2. The topological polar surface area (TPSA) is 66.0 Å². The fraction of sp³-hybridized carbons (Fsp3) is 0. The maximum atomic E-state index is 14.3. The van der Waals surface area contributed by atoms with E-state index in [0.717, 1.165) is 6.07 Å². The van der Waals surface area contributed by atoms with Crippen LogP contribution in [-0.2, 0) is 0 Å². The maximum absolute atomic E-state index is 14.3. The Kier molecular flexibility index (Phi) is 2.71. The quantitative estimate of drug-likeness (QED) is 0.754. The Morgan fingerprint density at radius 3 is 2.70 bits per heavy atom. The van der Waals surface area contributed by atoms with Crippen molar-refractivity contribution in [2.75, 3.05) is 0 Å². The summed E-state index contributed by atoms with van der Waals surface area (Å²) in [5, 5.41) is 15.5. The van der Waals surface area contributed by atoms with E-state index in [-0.39, 0.29) is 11.1 Å². The van der Waals surface area contributed by atoms with Crippen LogP contribution in [0.5, 0.6) is 0 Å². The number of hydrogen-bond acceptors (Lipinski definition) is 2. The van der Waals surface area contributed by atoms with Gasteiger partial charge in [-0.3, -0.25) is 5.10 Å². The highest BCUT2D eigenvalue weighted by molar-refractivity contribution is 5.99. The summed E-state index contributed by atoms with van der Waals surface area (Å²) < 4.78 is 27.5. The Hall–Kier alpha value is -2.76. The van der Waals surface area contributed by atoms with Crippen LogP contribution in [0.25, 0.3) is 22.2 Å². The van der Waals surface area contributed by atoms with Crippen LogP contribution in [0.1, 0.15) is 10.4 Å². The largest absolute Gasteiger partial charge is 0.478 e. The first-order valence-electron chi connectivity index (χ1n) is 5.73. The van der Waals surface area contributed by atoms with Crippen molar-refractivity contribution < 1.29 is 18.7 Å².